The molecule has 5 nitrogen and oxygen atoms in total. The average Bonchev–Trinajstić information content (AvgIpc) is 3.44. The van der Waals surface area contributed by atoms with Gasteiger partial charge in [-0.1, -0.05) is 80.6 Å². The third kappa shape index (κ3) is 4.12. The summed E-state index contributed by atoms with van der Waals surface area (Å²) in [5.74, 6) is 0.709. The van der Waals surface area contributed by atoms with E-state index in [4.69, 9.17) is 20.1 Å². The fourth-order valence-electron chi connectivity index (χ4n) is 5.19. The summed E-state index contributed by atoms with van der Waals surface area (Å²) < 4.78 is 1.86. The largest absolute Gasteiger partial charge is 0.251 e. The van der Waals surface area contributed by atoms with E-state index in [1.165, 1.54) is 0 Å². The second kappa shape index (κ2) is 9.44. The number of rotatable bonds is 5. The van der Waals surface area contributed by atoms with Crippen molar-refractivity contribution in [3.05, 3.63) is 115 Å². The van der Waals surface area contributed by atoms with Crippen molar-refractivity contribution in [2.24, 2.45) is 0 Å². The Bertz CT molecular complexity index is 1970. The van der Waals surface area contributed by atoms with Gasteiger partial charge in [-0.05, 0) is 59.9 Å². The first-order valence-corrected chi connectivity index (χ1v) is 13.4. The minimum absolute atomic E-state index is 0.709. The molecule has 0 N–H and O–H groups in total. The van der Waals surface area contributed by atoms with Gasteiger partial charge in [0.25, 0.3) is 0 Å². The van der Waals surface area contributed by atoms with Gasteiger partial charge in [-0.15, -0.1) is 5.10 Å². The Morgan fingerprint density at radius 2 is 1.28 bits per heavy atom. The highest BCUT2D eigenvalue weighted by molar-refractivity contribution is 6.10. The van der Waals surface area contributed by atoms with Crippen LogP contribution in [0.1, 0.15) is 25.2 Å². The molecule has 0 spiro atoms. The van der Waals surface area contributed by atoms with Crippen molar-refractivity contribution >= 4 is 27.5 Å². The summed E-state index contributed by atoms with van der Waals surface area (Å²) in [4.78, 5) is 14.7. The van der Waals surface area contributed by atoms with Crippen LogP contribution in [0.4, 0.5) is 0 Å². The van der Waals surface area contributed by atoms with E-state index in [9.17, 15) is 0 Å². The molecule has 0 aliphatic heterocycles. The highest BCUT2D eigenvalue weighted by Gasteiger charge is 2.14. The van der Waals surface area contributed by atoms with Crippen molar-refractivity contribution in [2.45, 2.75) is 26.7 Å². The van der Waals surface area contributed by atoms with E-state index in [0.29, 0.717) is 5.82 Å². The molecule has 0 aliphatic carbocycles. The lowest BCUT2D eigenvalue weighted by atomic mass is 9.96. The molecule has 0 radical (unpaired) electrons. The summed E-state index contributed by atoms with van der Waals surface area (Å²) in [5, 5.41) is 7.01. The number of aromatic nitrogens is 5. The number of fused-ring (bicyclic) bond motifs is 4. The molecule has 0 saturated carbocycles. The van der Waals surface area contributed by atoms with E-state index in [0.717, 1.165) is 79.5 Å². The van der Waals surface area contributed by atoms with E-state index in [2.05, 4.69) is 86.6 Å². The van der Waals surface area contributed by atoms with Gasteiger partial charge in [0.2, 0.25) is 0 Å². The fraction of sp³-hybridized carbons (Fsp3) is 0.118. The molecule has 0 saturated heterocycles. The van der Waals surface area contributed by atoms with Crippen molar-refractivity contribution in [1.82, 2.24) is 24.6 Å². The summed E-state index contributed by atoms with van der Waals surface area (Å²) in [5.41, 5.74) is 10.5. The second-order valence-corrected chi connectivity index (χ2v) is 9.80. The molecule has 3 aromatic carbocycles. The van der Waals surface area contributed by atoms with Crippen LogP contribution in [-0.4, -0.2) is 24.6 Å². The van der Waals surface area contributed by atoms with E-state index in [1.807, 2.05) is 35.0 Å². The fourth-order valence-corrected chi connectivity index (χ4v) is 5.19. The van der Waals surface area contributed by atoms with E-state index < -0.39 is 0 Å². The quantitative estimate of drug-likeness (QED) is 0.223. The van der Waals surface area contributed by atoms with Gasteiger partial charge in [0.15, 0.2) is 11.5 Å². The van der Waals surface area contributed by atoms with Gasteiger partial charge in [0, 0.05) is 39.5 Å². The summed E-state index contributed by atoms with van der Waals surface area (Å²) in [6, 6.07) is 33.8. The Morgan fingerprint density at radius 1 is 0.590 bits per heavy atom. The molecule has 0 fully saturated rings. The van der Waals surface area contributed by atoms with E-state index in [-0.39, 0.29) is 0 Å². The standard InChI is InChI=1S/C34H27N5/c1-3-27-16-14-25-20-30(29-18-17-28(4-2)36-33(29)32(25)35-27)23-10-12-24(13-11-23)34-37-31-19-15-26(21-39(31)38-34)22-8-6-5-7-9-22/h5-21H,3-4H2,1-2H3. The maximum absolute atomic E-state index is 5.02. The normalized spacial score (nSPS) is 11.5. The van der Waals surface area contributed by atoms with Gasteiger partial charge >= 0.3 is 0 Å². The first-order chi connectivity index (χ1) is 19.2. The zero-order chi connectivity index (χ0) is 26.3. The third-order valence-corrected chi connectivity index (χ3v) is 7.37. The topological polar surface area (TPSA) is 56.0 Å². The Hall–Kier alpha value is -4.90. The number of pyridine rings is 3. The maximum atomic E-state index is 5.02. The molecule has 4 heterocycles. The molecular weight excluding hydrogens is 478 g/mol. The zero-order valence-electron chi connectivity index (χ0n) is 22.0. The average molecular weight is 506 g/mol. The molecule has 4 aromatic heterocycles. The molecule has 0 atom stereocenters. The predicted molar refractivity (Wildman–Crippen MR) is 159 cm³/mol. The Morgan fingerprint density at radius 3 is 2.05 bits per heavy atom. The molecule has 7 aromatic rings. The SMILES string of the molecule is CCc1ccc2cc(-c3ccc(-c4nc5ccc(-c6ccccc6)cn5n4)cc3)c3ccc(CC)nc3c2n1. The first-order valence-electron chi connectivity index (χ1n) is 13.4. The van der Waals surface area contributed by atoms with Gasteiger partial charge in [0.1, 0.15) is 0 Å². The van der Waals surface area contributed by atoms with Crippen LogP contribution < -0.4 is 0 Å². The first kappa shape index (κ1) is 23.2. The van der Waals surface area contributed by atoms with E-state index in [1.54, 1.807) is 0 Å². The van der Waals surface area contributed by atoms with Crippen LogP contribution in [0, 0.1) is 0 Å². The summed E-state index contributed by atoms with van der Waals surface area (Å²) in [6.45, 7) is 4.27. The Kier molecular flexibility index (Phi) is 5.63. The summed E-state index contributed by atoms with van der Waals surface area (Å²) >= 11 is 0. The minimum Gasteiger partial charge on any atom is -0.251 e. The molecule has 0 aliphatic rings. The van der Waals surface area contributed by atoms with Crippen molar-refractivity contribution in [3.8, 4) is 33.6 Å². The zero-order valence-corrected chi connectivity index (χ0v) is 22.0. The van der Waals surface area contributed by atoms with Crippen molar-refractivity contribution < 1.29 is 0 Å². The lowest BCUT2D eigenvalue weighted by Gasteiger charge is -2.12. The van der Waals surface area contributed by atoms with Gasteiger partial charge in [0.05, 0.1) is 11.0 Å². The second-order valence-electron chi connectivity index (χ2n) is 9.80. The monoisotopic (exact) mass is 505 g/mol. The Labute approximate surface area is 226 Å². The lowest BCUT2D eigenvalue weighted by molar-refractivity contribution is 0.967. The number of hydrogen-bond acceptors (Lipinski definition) is 4. The summed E-state index contributed by atoms with van der Waals surface area (Å²) in [6.07, 6.45) is 3.83. The van der Waals surface area contributed by atoms with Crippen LogP contribution in [0.3, 0.4) is 0 Å². The molecule has 0 bridgehead atoms. The molecule has 7 rings (SSSR count). The number of benzene rings is 3. The molecule has 0 amide bonds. The minimum atomic E-state index is 0.709. The predicted octanol–water partition coefficient (Wildman–Crippen LogP) is 7.95. The third-order valence-electron chi connectivity index (χ3n) is 7.37. The van der Waals surface area contributed by atoms with Crippen LogP contribution in [-0.2, 0) is 12.8 Å². The van der Waals surface area contributed by atoms with Crippen LogP contribution in [0.15, 0.2) is 103 Å². The van der Waals surface area contributed by atoms with Crippen molar-refractivity contribution in [2.75, 3.05) is 0 Å². The number of nitrogens with zero attached hydrogens (tertiary/aromatic N) is 5. The van der Waals surface area contributed by atoms with Crippen LogP contribution in [0.5, 0.6) is 0 Å². The van der Waals surface area contributed by atoms with Crippen LogP contribution in [0.25, 0.3) is 61.1 Å². The van der Waals surface area contributed by atoms with Crippen molar-refractivity contribution in [3.63, 3.8) is 0 Å². The highest BCUT2D eigenvalue weighted by Crippen LogP contribution is 2.34. The molecule has 188 valence electrons. The number of aryl methyl sites for hydroxylation is 2. The lowest BCUT2D eigenvalue weighted by Crippen LogP contribution is -1.95. The summed E-state index contributed by atoms with van der Waals surface area (Å²) in [7, 11) is 0. The molecule has 5 heteroatoms. The highest BCUT2D eigenvalue weighted by atomic mass is 15.3. The van der Waals surface area contributed by atoms with Crippen LogP contribution >= 0.6 is 0 Å². The molecule has 0 unspecified atom stereocenters. The maximum Gasteiger partial charge on any atom is 0.182 e. The van der Waals surface area contributed by atoms with E-state index >= 15 is 0 Å². The van der Waals surface area contributed by atoms with Gasteiger partial charge in [-0.25, -0.2) is 9.50 Å². The number of hydrogen-bond donors (Lipinski definition) is 0. The van der Waals surface area contributed by atoms with Crippen LogP contribution in [0.2, 0.25) is 0 Å². The van der Waals surface area contributed by atoms with Gasteiger partial charge < -0.3 is 0 Å². The smallest absolute Gasteiger partial charge is 0.182 e. The van der Waals surface area contributed by atoms with Crippen molar-refractivity contribution in [1.29, 1.82) is 0 Å². The molecule has 39 heavy (non-hydrogen) atoms. The molecular formula is C34H27N5. The van der Waals surface area contributed by atoms with Gasteiger partial charge in [-0.3, -0.25) is 9.97 Å². The Balaban J connectivity index is 1.30. The van der Waals surface area contributed by atoms with Gasteiger partial charge in [-0.2, -0.15) is 0 Å².